The van der Waals surface area contributed by atoms with Crippen LogP contribution in [0.15, 0.2) is 183 Å². The summed E-state index contributed by atoms with van der Waals surface area (Å²) in [5, 5.41) is 4.08. The quantitative estimate of drug-likeness (QED) is 0.153. The number of aromatic nitrogens is 6. The van der Waals surface area contributed by atoms with Gasteiger partial charge in [0.05, 0.1) is 45.8 Å². The molecule has 11 rings (SSSR count). The monoisotopic (exact) mass is 784 g/mol. The molecule has 0 fully saturated rings. The fourth-order valence-electron chi connectivity index (χ4n) is 7.89. The first-order valence-corrected chi connectivity index (χ1v) is 19.2. The summed E-state index contributed by atoms with van der Waals surface area (Å²) in [5.41, 5.74) is 6.58. The van der Waals surface area contributed by atoms with Crippen molar-refractivity contribution >= 4 is 43.6 Å². The predicted octanol–water partition coefficient (Wildman–Crippen LogP) is 12.7. The zero-order chi connectivity index (χ0) is 40.2. The maximum Gasteiger partial charge on any atom is 0.140 e. The van der Waals surface area contributed by atoms with Crippen molar-refractivity contribution in [2.24, 2.45) is 0 Å². The molecule has 60 heavy (non-hydrogen) atoms. The maximum atomic E-state index is 14.3. The average Bonchev–Trinajstić information content (AvgIpc) is 3.79. The van der Waals surface area contributed by atoms with E-state index in [9.17, 15) is 8.78 Å². The topological polar surface area (TPSA) is 79.9 Å². The summed E-state index contributed by atoms with van der Waals surface area (Å²) in [6.07, 6.45) is 6.42. The van der Waals surface area contributed by atoms with E-state index < -0.39 is 0 Å². The third-order valence-electron chi connectivity index (χ3n) is 10.5. The number of halogens is 2. The highest BCUT2D eigenvalue weighted by molar-refractivity contribution is 6.10. The zero-order valence-corrected chi connectivity index (χ0v) is 31.6. The van der Waals surface area contributed by atoms with Crippen LogP contribution in [0.1, 0.15) is 0 Å². The number of rotatable bonds is 8. The Morgan fingerprint density at radius 3 is 1.25 bits per heavy atom. The number of benzene rings is 6. The Labute approximate surface area is 341 Å². The molecule has 0 bridgehead atoms. The van der Waals surface area contributed by atoms with E-state index in [1.807, 2.05) is 143 Å². The number of hydrogen-bond donors (Lipinski definition) is 0. The summed E-state index contributed by atoms with van der Waals surface area (Å²) in [5.74, 6) is 2.74. The standard InChI is InChI=1S/C50H30F2N6O2/c51-33-19-21-53-49(25-33)57-45-13-3-1-11-39(45)41-17-15-37(27-47(41)57)59-35-9-5-7-31(23-35)43-29-56-44(30-55-43)32-8-6-10-36(24-32)60-38-16-18-42-40-12-2-4-14-46(40)58(48(42)28-38)50-26-34(52)20-22-54-50/h1-30H. The van der Waals surface area contributed by atoms with Crippen LogP contribution < -0.4 is 9.47 Å². The molecule has 0 aliphatic carbocycles. The molecule has 0 aliphatic heterocycles. The molecule has 5 aromatic heterocycles. The van der Waals surface area contributed by atoms with Crippen molar-refractivity contribution in [3.63, 3.8) is 0 Å². The summed E-state index contributed by atoms with van der Waals surface area (Å²) >= 11 is 0. The summed E-state index contributed by atoms with van der Waals surface area (Å²) < 4.78 is 45.3. The molecule has 0 saturated heterocycles. The number of para-hydroxylation sites is 2. The van der Waals surface area contributed by atoms with Gasteiger partial charge in [-0.15, -0.1) is 0 Å². The Morgan fingerprint density at radius 2 is 0.800 bits per heavy atom. The van der Waals surface area contributed by atoms with E-state index in [-0.39, 0.29) is 11.6 Å². The number of hydrogen-bond acceptors (Lipinski definition) is 6. The molecule has 0 unspecified atom stereocenters. The largest absolute Gasteiger partial charge is 0.457 e. The number of nitrogens with zero attached hydrogens (tertiary/aromatic N) is 6. The van der Waals surface area contributed by atoms with Gasteiger partial charge in [0, 0.05) is 69.3 Å². The molecule has 0 atom stereocenters. The molecule has 5 heterocycles. The van der Waals surface area contributed by atoms with Gasteiger partial charge in [-0.2, -0.15) is 0 Å². The molecule has 10 heteroatoms. The summed E-state index contributed by atoms with van der Waals surface area (Å²) in [6, 6.07) is 48.7. The van der Waals surface area contributed by atoms with Crippen molar-refractivity contribution in [2.75, 3.05) is 0 Å². The van der Waals surface area contributed by atoms with Gasteiger partial charge < -0.3 is 9.47 Å². The number of pyridine rings is 2. The van der Waals surface area contributed by atoms with E-state index in [4.69, 9.17) is 19.4 Å². The Hall–Kier alpha value is -8.24. The molecule has 0 radical (unpaired) electrons. The second-order valence-electron chi connectivity index (χ2n) is 14.3. The van der Waals surface area contributed by atoms with E-state index in [1.165, 1.54) is 36.7 Å². The molecular weight excluding hydrogens is 755 g/mol. The highest BCUT2D eigenvalue weighted by Gasteiger charge is 2.17. The normalized spacial score (nSPS) is 11.5. The van der Waals surface area contributed by atoms with Crippen LogP contribution in [0.2, 0.25) is 0 Å². The zero-order valence-electron chi connectivity index (χ0n) is 31.6. The van der Waals surface area contributed by atoms with Crippen molar-refractivity contribution in [1.29, 1.82) is 0 Å². The van der Waals surface area contributed by atoms with Gasteiger partial charge in [0.2, 0.25) is 0 Å². The first-order chi connectivity index (χ1) is 29.5. The second kappa shape index (κ2) is 14.3. The van der Waals surface area contributed by atoms with E-state index in [1.54, 1.807) is 12.4 Å². The Kier molecular flexibility index (Phi) is 8.33. The van der Waals surface area contributed by atoms with Gasteiger partial charge in [-0.3, -0.25) is 19.1 Å². The van der Waals surface area contributed by atoms with Crippen molar-refractivity contribution < 1.29 is 18.3 Å². The Balaban J connectivity index is 0.851. The smallest absolute Gasteiger partial charge is 0.140 e. The fourth-order valence-corrected chi connectivity index (χ4v) is 7.89. The van der Waals surface area contributed by atoms with Crippen molar-refractivity contribution in [3.05, 3.63) is 194 Å². The average molecular weight is 785 g/mol. The van der Waals surface area contributed by atoms with Crippen LogP contribution in [0.3, 0.4) is 0 Å². The van der Waals surface area contributed by atoms with Crippen molar-refractivity contribution in [1.82, 2.24) is 29.1 Å². The Morgan fingerprint density at radius 1 is 0.367 bits per heavy atom. The lowest BCUT2D eigenvalue weighted by Crippen LogP contribution is -1.98. The van der Waals surface area contributed by atoms with Gasteiger partial charge in [-0.1, -0.05) is 60.7 Å². The molecule has 0 amide bonds. The van der Waals surface area contributed by atoms with E-state index in [0.29, 0.717) is 46.0 Å². The number of ether oxygens (including phenoxy) is 2. The molecule has 11 aromatic rings. The van der Waals surface area contributed by atoms with E-state index >= 15 is 0 Å². The van der Waals surface area contributed by atoms with Gasteiger partial charge >= 0.3 is 0 Å². The number of fused-ring (bicyclic) bond motifs is 6. The summed E-state index contributed by atoms with van der Waals surface area (Å²) in [6.45, 7) is 0. The second-order valence-corrected chi connectivity index (χ2v) is 14.3. The van der Waals surface area contributed by atoms with Crippen molar-refractivity contribution in [3.8, 4) is 57.1 Å². The molecule has 0 aliphatic rings. The maximum absolute atomic E-state index is 14.3. The van der Waals surface area contributed by atoms with Crippen molar-refractivity contribution in [2.45, 2.75) is 0 Å². The lowest BCUT2D eigenvalue weighted by molar-refractivity contribution is 0.483. The van der Waals surface area contributed by atoms with Gasteiger partial charge in [-0.25, -0.2) is 18.7 Å². The molecular formula is C50H30F2N6O2. The SMILES string of the molecule is Fc1ccnc(-n2c3ccccc3c3ccc(Oc4cccc(-c5cnc(-c6cccc(Oc7ccc8c9ccccc9n(-c9cc(F)ccn9)c8c7)c6)cn5)c4)cc32)c1. The minimum atomic E-state index is -0.359. The van der Waals surface area contributed by atoms with Gasteiger partial charge in [0.25, 0.3) is 0 Å². The first kappa shape index (κ1) is 35.0. The van der Waals surface area contributed by atoms with Gasteiger partial charge in [-0.05, 0) is 72.8 Å². The molecule has 0 spiro atoms. The Bertz CT molecular complexity index is 3210. The molecule has 6 aromatic carbocycles. The summed E-state index contributed by atoms with van der Waals surface area (Å²) in [7, 11) is 0. The molecule has 0 saturated carbocycles. The van der Waals surface area contributed by atoms with E-state index in [2.05, 4.69) is 9.97 Å². The van der Waals surface area contributed by atoms with Crippen LogP contribution in [0.25, 0.3) is 77.8 Å². The van der Waals surface area contributed by atoms with Crippen LogP contribution >= 0.6 is 0 Å². The predicted molar refractivity (Wildman–Crippen MR) is 230 cm³/mol. The minimum absolute atomic E-state index is 0.359. The van der Waals surface area contributed by atoms with Crippen LogP contribution in [0.4, 0.5) is 8.78 Å². The third kappa shape index (κ3) is 6.23. The van der Waals surface area contributed by atoms with Crippen LogP contribution in [-0.2, 0) is 0 Å². The lowest BCUT2D eigenvalue weighted by atomic mass is 10.1. The van der Waals surface area contributed by atoms with E-state index in [0.717, 1.165) is 54.7 Å². The first-order valence-electron chi connectivity index (χ1n) is 19.2. The third-order valence-corrected chi connectivity index (χ3v) is 10.5. The minimum Gasteiger partial charge on any atom is -0.457 e. The summed E-state index contributed by atoms with van der Waals surface area (Å²) in [4.78, 5) is 18.5. The van der Waals surface area contributed by atoms with Gasteiger partial charge in [0.15, 0.2) is 0 Å². The highest BCUT2D eigenvalue weighted by Crippen LogP contribution is 2.37. The fraction of sp³-hybridized carbons (Fsp3) is 0. The van der Waals surface area contributed by atoms with Crippen LogP contribution in [0, 0.1) is 11.6 Å². The molecule has 8 nitrogen and oxygen atoms in total. The highest BCUT2D eigenvalue weighted by atomic mass is 19.1. The molecule has 286 valence electrons. The molecule has 0 N–H and O–H groups in total. The lowest BCUT2D eigenvalue weighted by Gasteiger charge is -2.11. The van der Waals surface area contributed by atoms with Crippen LogP contribution in [-0.4, -0.2) is 29.1 Å². The van der Waals surface area contributed by atoms with Crippen LogP contribution in [0.5, 0.6) is 23.0 Å². The van der Waals surface area contributed by atoms with Gasteiger partial charge in [0.1, 0.15) is 46.3 Å².